The van der Waals surface area contributed by atoms with E-state index >= 15 is 0 Å². The molecule has 0 saturated carbocycles. The molecule has 0 spiro atoms. The highest BCUT2D eigenvalue weighted by Crippen LogP contribution is 2.22. The maximum atomic E-state index is 14.2. The second-order valence-corrected chi connectivity index (χ2v) is 8.33. The molecule has 2 aromatic carbocycles. The van der Waals surface area contributed by atoms with E-state index in [1.165, 1.54) is 7.05 Å². The van der Waals surface area contributed by atoms with Crippen molar-refractivity contribution in [2.24, 2.45) is 0 Å². The number of rotatable bonds is 6. The van der Waals surface area contributed by atoms with Gasteiger partial charge in [-0.05, 0) is 62.8 Å². The van der Waals surface area contributed by atoms with Gasteiger partial charge in [0.05, 0.1) is 10.5 Å². The van der Waals surface area contributed by atoms with Crippen LogP contribution < -0.4 is 10.0 Å². The molecule has 1 aliphatic heterocycles. The molecule has 8 heteroatoms. The second kappa shape index (κ2) is 8.16. The maximum Gasteiger partial charge on any atom is 0.258 e. The molecule has 1 amide bonds. The van der Waals surface area contributed by atoms with Gasteiger partial charge < -0.3 is 5.32 Å². The third-order valence-electron chi connectivity index (χ3n) is 4.62. The molecule has 0 bridgehead atoms. The van der Waals surface area contributed by atoms with Crippen molar-refractivity contribution in [3.63, 3.8) is 0 Å². The predicted molar refractivity (Wildman–Crippen MR) is 102 cm³/mol. The van der Waals surface area contributed by atoms with Crippen molar-refractivity contribution < 1.29 is 17.6 Å². The van der Waals surface area contributed by atoms with Gasteiger partial charge in [0, 0.05) is 12.2 Å². The molecule has 1 heterocycles. The van der Waals surface area contributed by atoms with Crippen LogP contribution in [0.3, 0.4) is 0 Å². The summed E-state index contributed by atoms with van der Waals surface area (Å²) in [5, 5.41) is 2.72. The van der Waals surface area contributed by atoms with Crippen LogP contribution in [0.4, 0.5) is 10.1 Å². The SMILES string of the molecule is CNS(=O)(=O)c1ccc(F)c(C(=O)Nc2ccccc2CN2CCCC2)c1. The van der Waals surface area contributed by atoms with E-state index in [0.717, 1.165) is 49.7 Å². The van der Waals surface area contributed by atoms with Crippen molar-refractivity contribution in [3.8, 4) is 0 Å². The first-order valence-electron chi connectivity index (χ1n) is 8.75. The van der Waals surface area contributed by atoms with Crippen LogP contribution in [0.5, 0.6) is 0 Å². The first-order valence-corrected chi connectivity index (χ1v) is 10.2. The summed E-state index contributed by atoms with van der Waals surface area (Å²) < 4.78 is 40.2. The highest BCUT2D eigenvalue weighted by Gasteiger charge is 2.20. The van der Waals surface area contributed by atoms with Crippen LogP contribution in [0.2, 0.25) is 0 Å². The van der Waals surface area contributed by atoms with Crippen LogP contribution in [0.1, 0.15) is 28.8 Å². The molecule has 2 aromatic rings. The van der Waals surface area contributed by atoms with E-state index in [1.54, 1.807) is 12.1 Å². The van der Waals surface area contributed by atoms with Crippen LogP contribution in [0.15, 0.2) is 47.4 Å². The lowest BCUT2D eigenvalue weighted by molar-refractivity contribution is 0.102. The van der Waals surface area contributed by atoms with E-state index in [0.29, 0.717) is 12.2 Å². The number of benzene rings is 2. The number of anilines is 1. The van der Waals surface area contributed by atoms with Crippen molar-refractivity contribution in [1.82, 2.24) is 9.62 Å². The van der Waals surface area contributed by atoms with Crippen molar-refractivity contribution >= 4 is 21.6 Å². The first-order chi connectivity index (χ1) is 12.9. The van der Waals surface area contributed by atoms with Crippen LogP contribution in [0.25, 0.3) is 0 Å². The average molecular weight is 391 g/mol. The van der Waals surface area contributed by atoms with Gasteiger partial charge >= 0.3 is 0 Å². The fourth-order valence-electron chi connectivity index (χ4n) is 3.11. The van der Waals surface area contributed by atoms with Crippen LogP contribution >= 0.6 is 0 Å². The minimum absolute atomic E-state index is 0.165. The van der Waals surface area contributed by atoms with Crippen LogP contribution in [0, 0.1) is 5.82 Å². The molecule has 3 rings (SSSR count). The monoisotopic (exact) mass is 391 g/mol. The first kappa shape index (κ1) is 19.5. The van der Waals surface area contributed by atoms with Gasteiger partial charge in [0.25, 0.3) is 5.91 Å². The van der Waals surface area contributed by atoms with Gasteiger partial charge in [0.2, 0.25) is 10.0 Å². The quantitative estimate of drug-likeness (QED) is 0.793. The molecule has 0 radical (unpaired) electrons. The summed E-state index contributed by atoms with van der Waals surface area (Å²) in [6.45, 7) is 2.73. The Kier molecular flexibility index (Phi) is 5.88. The standard InChI is InChI=1S/C19H22FN3O3S/c1-21-27(25,26)15-8-9-17(20)16(12-15)19(24)22-18-7-3-2-6-14(18)13-23-10-4-5-11-23/h2-3,6-9,12,21H,4-5,10-11,13H2,1H3,(H,22,24). The van der Waals surface area contributed by atoms with Gasteiger partial charge in [-0.1, -0.05) is 18.2 Å². The Hall–Kier alpha value is -2.29. The number of nitrogens with one attached hydrogen (secondary N) is 2. The highest BCUT2D eigenvalue weighted by atomic mass is 32.2. The zero-order chi connectivity index (χ0) is 19.4. The Morgan fingerprint density at radius 2 is 1.85 bits per heavy atom. The van der Waals surface area contributed by atoms with Crippen molar-refractivity contribution in [2.45, 2.75) is 24.3 Å². The van der Waals surface area contributed by atoms with Crippen molar-refractivity contribution in [3.05, 3.63) is 59.4 Å². The lowest BCUT2D eigenvalue weighted by Gasteiger charge is -2.18. The fourth-order valence-corrected chi connectivity index (χ4v) is 3.87. The zero-order valence-corrected chi connectivity index (χ0v) is 15.9. The number of para-hydroxylation sites is 1. The van der Waals surface area contributed by atoms with Crippen molar-refractivity contribution in [1.29, 1.82) is 0 Å². The van der Waals surface area contributed by atoms with Gasteiger partial charge in [-0.2, -0.15) is 0 Å². The van der Waals surface area contributed by atoms with Crippen LogP contribution in [-0.2, 0) is 16.6 Å². The van der Waals surface area contributed by atoms with E-state index in [2.05, 4.69) is 14.9 Å². The number of nitrogens with zero attached hydrogens (tertiary/aromatic N) is 1. The van der Waals surface area contributed by atoms with Crippen LogP contribution in [-0.4, -0.2) is 39.4 Å². The van der Waals surface area contributed by atoms with Gasteiger partial charge in [0.15, 0.2) is 0 Å². The molecule has 0 aromatic heterocycles. The zero-order valence-electron chi connectivity index (χ0n) is 15.0. The normalized spacial score (nSPS) is 15.0. The summed E-state index contributed by atoms with van der Waals surface area (Å²) in [7, 11) is -2.51. The number of hydrogen-bond donors (Lipinski definition) is 2. The molecular weight excluding hydrogens is 369 g/mol. The number of halogens is 1. The van der Waals surface area contributed by atoms with Gasteiger partial charge in [-0.25, -0.2) is 17.5 Å². The second-order valence-electron chi connectivity index (χ2n) is 6.44. The van der Waals surface area contributed by atoms with E-state index in [9.17, 15) is 17.6 Å². The number of amides is 1. The third-order valence-corrected chi connectivity index (χ3v) is 6.03. The van der Waals surface area contributed by atoms with Gasteiger partial charge in [-0.15, -0.1) is 0 Å². The molecule has 144 valence electrons. The fraction of sp³-hybridized carbons (Fsp3) is 0.316. The summed E-state index contributed by atoms with van der Waals surface area (Å²) in [5.41, 5.74) is 1.21. The largest absolute Gasteiger partial charge is 0.322 e. The highest BCUT2D eigenvalue weighted by molar-refractivity contribution is 7.89. The molecule has 1 saturated heterocycles. The molecule has 2 N–H and O–H groups in total. The molecule has 27 heavy (non-hydrogen) atoms. The Bertz CT molecular complexity index is 941. The average Bonchev–Trinajstić information content (AvgIpc) is 3.16. The Balaban J connectivity index is 1.85. The summed E-state index contributed by atoms with van der Waals surface area (Å²) in [6.07, 6.45) is 2.32. The number of sulfonamides is 1. The van der Waals surface area contributed by atoms with Crippen molar-refractivity contribution in [2.75, 3.05) is 25.5 Å². The predicted octanol–water partition coefficient (Wildman–Crippen LogP) is 2.58. The molecule has 0 aliphatic carbocycles. The lowest BCUT2D eigenvalue weighted by Crippen LogP contribution is -2.22. The van der Waals surface area contributed by atoms with E-state index in [-0.39, 0.29) is 10.5 Å². The number of likely N-dealkylation sites (tertiary alicyclic amines) is 1. The Labute approximate surface area is 158 Å². The van der Waals surface area contributed by atoms with Gasteiger partial charge in [0.1, 0.15) is 5.82 Å². The Morgan fingerprint density at radius 1 is 1.15 bits per heavy atom. The molecular formula is C19H22FN3O3S. The summed E-state index contributed by atoms with van der Waals surface area (Å²) in [5.74, 6) is -1.46. The number of carbonyl (C=O) groups is 1. The minimum Gasteiger partial charge on any atom is -0.322 e. The molecule has 0 unspecified atom stereocenters. The molecule has 6 nitrogen and oxygen atoms in total. The Morgan fingerprint density at radius 3 is 2.56 bits per heavy atom. The number of hydrogen-bond acceptors (Lipinski definition) is 4. The van der Waals surface area contributed by atoms with E-state index < -0.39 is 21.7 Å². The lowest BCUT2D eigenvalue weighted by atomic mass is 10.1. The third kappa shape index (κ3) is 4.52. The van der Waals surface area contributed by atoms with E-state index in [1.807, 2.05) is 12.1 Å². The molecule has 1 fully saturated rings. The number of carbonyl (C=O) groups excluding carboxylic acids is 1. The smallest absolute Gasteiger partial charge is 0.258 e. The topological polar surface area (TPSA) is 78.5 Å². The molecule has 0 atom stereocenters. The summed E-state index contributed by atoms with van der Waals surface area (Å²) in [4.78, 5) is 14.7. The van der Waals surface area contributed by atoms with Gasteiger partial charge in [-0.3, -0.25) is 9.69 Å². The summed E-state index contributed by atoms with van der Waals surface area (Å²) >= 11 is 0. The summed E-state index contributed by atoms with van der Waals surface area (Å²) in [6, 6.07) is 10.5. The van der Waals surface area contributed by atoms with E-state index in [4.69, 9.17) is 0 Å². The minimum atomic E-state index is -3.77. The maximum absolute atomic E-state index is 14.2. The molecule has 1 aliphatic rings.